The Kier molecular flexibility index (Phi) is 6.40. The molecule has 9 heteroatoms. The number of esters is 1. The smallest absolute Gasteiger partial charge is 0.338 e. The molecule has 1 amide bonds. The van der Waals surface area contributed by atoms with Gasteiger partial charge in [-0.3, -0.25) is 4.79 Å². The molecule has 2 heterocycles. The molecule has 0 bridgehead atoms. The van der Waals surface area contributed by atoms with E-state index in [9.17, 15) is 18.0 Å². The fourth-order valence-electron chi connectivity index (χ4n) is 3.63. The third-order valence-corrected chi connectivity index (χ3v) is 8.46. The number of hydrogen-bond donors (Lipinski definition) is 1. The molecule has 3 aromatic rings. The van der Waals surface area contributed by atoms with Crippen molar-refractivity contribution in [1.82, 2.24) is 4.31 Å². The lowest BCUT2D eigenvalue weighted by molar-refractivity contribution is -0.120. The Morgan fingerprint density at radius 2 is 1.78 bits per heavy atom. The molecular weight excluding hydrogens is 448 g/mol. The Morgan fingerprint density at radius 3 is 2.44 bits per heavy atom. The van der Waals surface area contributed by atoms with Gasteiger partial charge in [-0.1, -0.05) is 30.3 Å². The Hall–Kier alpha value is -3.01. The third-order valence-electron chi connectivity index (χ3n) is 5.23. The molecule has 1 aliphatic heterocycles. The van der Waals surface area contributed by atoms with E-state index in [1.807, 2.05) is 24.3 Å². The van der Waals surface area contributed by atoms with Crippen molar-refractivity contribution in [2.75, 3.05) is 11.9 Å². The van der Waals surface area contributed by atoms with Crippen molar-refractivity contribution < 1.29 is 22.7 Å². The van der Waals surface area contributed by atoms with E-state index in [4.69, 9.17) is 4.74 Å². The highest BCUT2D eigenvalue weighted by Crippen LogP contribution is 2.31. The molecule has 0 saturated heterocycles. The first kappa shape index (κ1) is 22.2. The molecule has 2 aromatic carbocycles. The van der Waals surface area contributed by atoms with Gasteiger partial charge in [-0.05, 0) is 60.2 Å². The lowest BCUT2D eigenvalue weighted by atomic mass is 9.95. The van der Waals surface area contributed by atoms with Crippen LogP contribution in [0.4, 0.5) is 5.69 Å². The number of benzene rings is 2. The van der Waals surface area contributed by atoms with Crippen molar-refractivity contribution in [2.24, 2.45) is 0 Å². The topological polar surface area (TPSA) is 92.8 Å². The molecule has 1 N–H and O–H groups in total. The van der Waals surface area contributed by atoms with Gasteiger partial charge in [-0.25, -0.2) is 13.2 Å². The summed E-state index contributed by atoms with van der Waals surface area (Å²) in [4.78, 5) is 25.0. The first-order chi connectivity index (χ1) is 15.4. The Balaban J connectivity index is 1.60. The molecule has 4 rings (SSSR count). The van der Waals surface area contributed by atoms with E-state index in [-0.39, 0.29) is 23.8 Å². The number of ether oxygens (including phenoxy) is 1. The number of anilines is 1. The number of carbonyl (C=O) groups excluding carboxylic acids is 2. The van der Waals surface area contributed by atoms with Crippen LogP contribution in [0.15, 0.2) is 70.3 Å². The SMILES string of the molecule is CCOC(=O)c1ccc(NC(=O)[C@H]2Cc3ccccc3CN2S(=O)(=O)c2cccs2)cc1. The van der Waals surface area contributed by atoms with E-state index in [1.165, 1.54) is 4.31 Å². The number of sulfonamides is 1. The zero-order valence-electron chi connectivity index (χ0n) is 17.4. The van der Waals surface area contributed by atoms with Gasteiger partial charge >= 0.3 is 5.97 Å². The van der Waals surface area contributed by atoms with Gasteiger partial charge in [0, 0.05) is 12.2 Å². The zero-order chi connectivity index (χ0) is 22.7. The maximum Gasteiger partial charge on any atom is 0.338 e. The van der Waals surface area contributed by atoms with Crippen LogP contribution < -0.4 is 5.32 Å². The minimum Gasteiger partial charge on any atom is -0.462 e. The molecule has 166 valence electrons. The van der Waals surface area contributed by atoms with Crippen LogP contribution in [0.25, 0.3) is 0 Å². The van der Waals surface area contributed by atoms with Crippen LogP contribution in [0.1, 0.15) is 28.4 Å². The van der Waals surface area contributed by atoms with Gasteiger partial charge in [0.15, 0.2) is 0 Å². The molecule has 1 aromatic heterocycles. The summed E-state index contributed by atoms with van der Waals surface area (Å²) in [6.45, 7) is 2.12. The number of hydrogen-bond acceptors (Lipinski definition) is 6. The number of thiophene rings is 1. The van der Waals surface area contributed by atoms with Crippen molar-refractivity contribution in [3.63, 3.8) is 0 Å². The minimum absolute atomic E-state index is 0.121. The predicted octanol–water partition coefficient (Wildman–Crippen LogP) is 3.68. The monoisotopic (exact) mass is 470 g/mol. The largest absolute Gasteiger partial charge is 0.462 e. The summed E-state index contributed by atoms with van der Waals surface area (Å²) in [6, 6.07) is 16.2. The number of nitrogens with one attached hydrogen (secondary N) is 1. The fraction of sp³-hybridized carbons (Fsp3) is 0.217. The van der Waals surface area contributed by atoms with Crippen LogP contribution in [-0.4, -0.2) is 37.2 Å². The molecule has 7 nitrogen and oxygen atoms in total. The van der Waals surface area contributed by atoms with E-state index in [0.717, 1.165) is 22.5 Å². The first-order valence-corrected chi connectivity index (χ1v) is 12.4. The van der Waals surface area contributed by atoms with Gasteiger partial charge in [0.1, 0.15) is 10.3 Å². The van der Waals surface area contributed by atoms with E-state index >= 15 is 0 Å². The average molecular weight is 471 g/mol. The number of nitrogens with zero attached hydrogens (tertiary/aromatic N) is 1. The van der Waals surface area contributed by atoms with Gasteiger partial charge in [-0.15, -0.1) is 11.3 Å². The molecule has 0 aliphatic carbocycles. The van der Waals surface area contributed by atoms with Crippen molar-refractivity contribution in [2.45, 2.75) is 30.1 Å². The standard InChI is InChI=1S/C23H22N2O5S2/c1-2-30-23(27)16-9-11-19(12-10-16)24-22(26)20-14-17-6-3-4-7-18(17)15-25(20)32(28,29)21-8-5-13-31-21/h3-13,20H,2,14-15H2,1H3,(H,24,26)/t20-/m1/s1. The lowest BCUT2D eigenvalue weighted by Gasteiger charge is -2.34. The number of carbonyl (C=O) groups is 2. The predicted molar refractivity (Wildman–Crippen MR) is 122 cm³/mol. The van der Waals surface area contributed by atoms with Crippen LogP contribution >= 0.6 is 11.3 Å². The fourth-order valence-corrected chi connectivity index (χ4v) is 6.32. The van der Waals surface area contributed by atoms with Gasteiger partial charge in [-0.2, -0.15) is 4.31 Å². The summed E-state index contributed by atoms with van der Waals surface area (Å²) in [6.07, 6.45) is 0.271. The van der Waals surface area contributed by atoms with E-state index < -0.39 is 27.9 Å². The molecule has 32 heavy (non-hydrogen) atoms. The number of amides is 1. The van der Waals surface area contributed by atoms with Gasteiger partial charge in [0.25, 0.3) is 10.0 Å². The molecule has 0 radical (unpaired) electrons. The summed E-state index contributed by atoms with van der Waals surface area (Å²) in [5, 5.41) is 4.49. The van der Waals surface area contributed by atoms with Gasteiger partial charge in [0.05, 0.1) is 12.2 Å². The van der Waals surface area contributed by atoms with Crippen LogP contribution in [0, 0.1) is 0 Å². The van der Waals surface area contributed by atoms with Crippen molar-refractivity contribution in [3.05, 3.63) is 82.7 Å². The van der Waals surface area contributed by atoms with Gasteiger partial charge in [0.2, 0.25) is 5.91 Å². The summed E-state index contributed by atoms with van der Waals surface area (Å²) >= 11 is 1.13. The van der Waals surface area contributed by atoms with Crippen molar-refractivity contribution in [1.29, 1.82) is 0 Å². The number of rotatable bonds is 6. The summed E-state index contributed by atoms with van der Waals surface area (Å²) < 4.78 is 33.1. The van der Waals surface area contributed by atoms with E-state index in [0.29, 0.717) is 11.3 Å². The average Bonchev–Trinajstić information content (AvgIpc) is 3.35. The Bertz CT molecular complexity index is 1220. The highest BCUT2D eigenvalue weighted by atomic mass is 32.2. The normalized spacial score (nSPS) is 16.2. The second-order valence-corrected chi connectivity index (χ2v) is 10.3. The summed E-state index contributed by atoms with van der Waals surface area (Å²) in [7, 11) is -3.84. The van der Waals surface area contributed by atoms with Crippen molar-refractivity contribution in [3.8, 4) is 0 Å². The van der Waals surface area contributed by atoms with E-state index in [2.05, 4.69) is 5.32 Å². The van der Waals surface area contributed by atoms with E-state index in [1.54, 1.807) is 48.7 Å². The molecule has 0 spiro atoms. The van der Waals surface area contributed by atoms with Gasteiger partial charge < -0.3 is 10.1 Å². The lowest BCUT2D eigenvalue weighted by Crippen LogP contribution is -2.50. The second-order valence-electron chi connectivity index (χ2n) is 7.26. The second kappa shape index (κ2) is 9.23. The van der Waals surface area contributed by atoms with Crippen LogP contribution in [-0.2, 0) is 32.5 Å². The molecule has 0 unspecified atom stereocenters. The first-order valence-electron chi connectivity index (χ1n) is 10.1. The van der Waals surface area contributed by atoms with Crippen LogP contribution in [0.2, 0.25) is 0 Å². The maximum absolute atomic E-state index is 13.3. The minimum atomic E-state index is -3.84. The maximum atomic E-state index is 13.3. The summed E-state index contributed by atoms with van der Waals surface area (Å²) in [5.41, 5.74) is 2.67. The summed E-state index contributed by atoms with van der Waals surface area (Å²) in [5.74, 6) is -0.869. The molecule has 1 atom stereocenters. The highest BCUT2D eigenvalue weighted by Gasteiger charge is 2.40. The van der Waals surface area contributed by atoms with Crippen molar-refractivity contribution >= 4 is 38.9 Å². The molecule has 0 saturated carbocycles. The highest BCUT2D eigenvalue weighted by molar-refractivity contribution is 7.91. The third kappa shape index (κ3) is 4.45. The Morgan fingerprint density at radius 1 is 1.06 bits per heavy atom. The Labute approximate surface area is 190 Å². The molecular formula is C23H22N2O5S2. The quantitative estimate of drug-likeness (QED) is 0.555. The molecule has 1 aliphatic rings. The zero-order valence-corrected chi connectivity index (χ0v) is 19.0. The number of fused-ring (bicyclic) bond motifs is 1. The molecule has 0 fully saturated rings. The van der Waals surface area contributed by atoms with Crippen LogP contribution in [0.3, 0.4) is 0 Å². The van der Waals surface area contributed by atoms with Crippen LogP contribution in [0.5, 0.6) is 0 Å².